The number of methoxy groups -OCH3 is 1. The van der Waals surface area contributed by atoms with Gasteiger partial charge in [0.05, 0.1) is 22.0 Å². The minimum absolute atomic E-state index is 0.194. The molecule has 0 aromatic heterocycles. The lowest BCUT2D eigenvalue weighted by molar-refractivity contribution is -0.386. The third kappa shape index (κ3) is 2.40. The predicted molar refractivity (Wildman–Crippen MR) is 56.0 cm³/mol. The second-order valence-electron chi connectivity index (χ2n) is 2.76. The molecule has 0 aliphatic heterocycles. The molecule has 1 aromatic carbocycles. The lowest BCUT2D eigenvalue weighted by Crippen LogP contribution is -2.12. The van der Waals surface area contributed by atoms with Crippen LogP contribution in [0.5, 0.6) is 5.75 Å². The summed E-state index contributed by atoms with van der Waals surface area (Å²) in [6.45, 7) is 0. The van der Waals surface area contributed by atoms with Crippen molar-refractivity contribution in [3.8, 4) is 5.75 Å². The number of nitro benzene ring substituents is 1. The molecule has 0 radical (unpaired) electrons. The van der Waals surface area contributed by atoms with Gasteiger partial charge in [0.1, 0.15) is 0 Å². The second kappa shape index (κ2) is 4.24. The highest BCUT2D eigenvalue weighted by atomic mass is 35.5. The highest BCUT2D eigenvalue weighted by Crippen LogP contribution is 2.36. The van der Waals surface area contributed by atoms with Crippen LogP contribution in [-0.2, 0) is 10.0 Å². The zero-order chi connectivity index (χ0) is 12.5. The van der Waals surface area contributed by atoms with Crippen molar-refractivity contribution in [1.82, 2.24) is 0 Å². The molecule has 0 bridgehead atoms. The first-order valence-electron chi connectivity index (χ1n) is 3.82. The van der Waals surface area contributed by atoms with Crippen molar-refractivity contribution >= 4 is 27.3 Å². The van der Waals surface area contributed by atoms with Gasteiger partial charge in [-0.1, -0.05) is 11.6 Å². The second-order valence-corrected chi connectivity index (χ2v) is 4.73. The van der Waals surface area contributed by atoms with Crippen LogP contribution in [0, 0.1) is 10.1 Å². The molecule has 16 heavy (non-hydrogen) atoms. The summed E-state index contributed by atoms with van der Waals surface area (Å²) < 4.78 is 26.7. The SMILES string of the molecule is COc1c(Cl)cc(S(N)(=O)=O)cc1[N+](=O)[O-]. The number of hydrogen-bond donors (Lipinski definition) is 1. The van der Waals surface area contributed by atoms with Gasteiger partial charge in [-0.3, -0.25) is 10.1 Å². The number of halogens is 1. The summed E-state index contributed by atoms with van der Waals surface area (Å²) in [5.41, 5.74) is -0.556. The van der Waals surface area contributed by atoms with Gasteiger partial charge in [0.2, 0.25) is 15.8 Å². The maximum Gasteiger partial charge on any atom is 0.313 e. The Morgan fingerprint density at radius 1 is 1.50 bits per heavy atom. The number of nitrogens with two attached hydrogens (primary N) is 1. The van der Waals surface area contributed by atoms with Gasteiger partial charge in [-0.05, 0) is 6.07 Å². The van der Waals surface area contributed by atoms with E-state index in [0.29, 0.717) is 0 Å². The van der Waals surface area contributed by atoms with Gasteiger partial charge < -0.3 is 4.74 Å². The molecule has 0 fully saturated rings. The number of primary sulfonamides is 1. The Morgan fingerprint density at radius 2 is 2.06 bits per heavy atom. The smallest absolute Gasteiger partial charge is 0.313 e. The van der Waals surface area contributed by atoms with Crippen LogP contribution >= 0.6 is 11.6 Å². The molecular weight excluding hydrogens is 260 g/mol. The molecule has 0 saturated carbocycles. The lowest BCUT2D eigenvalue weighted by atomic mass is 10.3. The molecule has 0 aliphatic rings. The summed E-state index contributed by atoms with van der Waals surface area (Å²) in [7, 11) is -2.87. The van der Waals surface area contributed by atoms with Gasteiger partial charge in [0.15, 0.2) is 0 Å². The van der Waals surface area contributed by atoms with Gasteiger partial charge in [0.25, 0.3) is 0 Å². The Bertz CT molecular complexity index is 542. The number of ether oxygens (including phenoxy) is 1. The Hall–Kier alpha value is -1.38. The summed E-state index contributed by atoms with van der Waals surface area (Å²) >= 11 is 5.64. The zero-order valence-electron chi connectivity index (χ0n) is 8.01. The maximum absolute atomic E-state index is 11.0. The van der Waals surface area contributed by atoms with Crippen molar-refractivity contribution in [3.05, 3.63) is 27.3 Å². The first kappa shape index (κ1) is 12.7. The predicted octanol–water partition coefficient (Wildman–Crippen LogP) is 0.904. The summed E-state index contributed by atoms with van der Waals surface area (Å²) in [4.78, 5) is 9.40. The third-order valence-corrected chi connectivity index (χ3v) is 2.90. The van der Waals surface area contributed by atoms with Crippen molar-refractivity contribution in [3.63, 3.8) is 0 Å². The molecule has 0 amide bonds. The number of rotatable bonds is 3. The van der Waals surface area contributed by atoms with E-state index in [4.69, 9.17) is 21.5 Å². The summed E-state index contributed by atoms with van der Waals surface area (Å²) in [5.74, 6) is -0.209. The maximum atomic E-state index is 11.0. The fourth-order valence-electron chi connectivity index (χ4n) is 1.06. The van der Waals surface area contributed by atoms with Crippen LogP contribution in [0.25, 0.3) is 0 Å². The van der Waals surface area contributed by atoms with Gasteiger partial charge >= 0.3 is 5.69 Å². The van der Waals surface area contributed by atoms with Crippen LogP contribution in [0.1, 0.15) is 0 Å². The zero-order valence-corrected chi connectivity index (χ0v) is 9.58. The number of nitrogens with zero attached hydrogens (tertiary/aromatic N) is 1. The molecule has 1 aromatic rings. The summed E-state index contributed by atoms with van der Waals surface area (Å²) in [5, 5.41) is 15.3. The molecule has 7 nitrogen and oxygen atoms in total. The van der Waals surface area contributed by atoms with E-state index in [-0.39, 0.29) is 10.8 Å². The minimum Gasteiger partial charge on any atom is -0.489 e. The van der Waals surface area contributed by atoms with Crippen molar-refractivity contribution < 1.29 is 18.1 Å². The minimum atomic E-state index is -4.05. The highest BCUT2D eigenvalue weighted by molar-refractivity contribution is 7.89. The van der Waals surface area contributed by atoms with Gasteiger partial charge in [-0.25, -0.2) is 13.6 Å². The molecule has 0 atom stereocenters. The van der Waals surface area contributed by atoms with E-state index in [9.17, 15) is 18.5 Å². The van der Waals surface area contributed by atoms with Gasteiger partial charge in [0, 0.05) is 6.07 Å². The molecule has 0 heterocycles. The molecule has 2 N–H and O–H groups in total. The molecule has 0 spiro atoms. The fourth-order valence-corrected chi connectivity index (χ4v) is 1.97. The van der Waals surface area contributed by atoms with Crippen LogP contribution in [0.4, 0.5) is 5.69 Å². The van der Waals surface area contributed by atoms with Crippen LogP contribution < -0.4 is 9.88 Å². The normalized spacial score (nSPS) is 11.2. The lowest BCUT2D eigenvalue weighted by Gasteiger charge is -2.05. The quantitative estimate of drug-likeness (QED) is 0.645. The standard InChI is InChI=1S/C7H7ClN2O5S/c1-15-7-5(8)2-4(16(9,13)14)3-6(7)10(11)12/h2-3H,1H3,(H2,9,13,14). The van der Waals surface area contributed by atoms with Crippen LogP contribution in [0.3, 0.4) is 0 Å². The summed E-state index contributed by atoms with van der Waals surface area (Å²) in [6, 6.07) is 1.78. The summed E-state index contributed by atoms with van der Waals surface area (Å²) in [6.07, 6.45) is 0. The molecular formula is C7H7ClN2O5S. The Labute approximate surface area is 96.0 Å². The largest absolute Gasteiger partial charge is 0.489 e. The Kier molecular flexibility index (Phi) is 3.36. The Balaban J connectivity index is 3.59. The monoisotopic (exact) mass is 266 g/mol. The van der Waals surface area contributed by atoms with E-state index in [1.54, 1.807) is 0 Å². The van der Waals surface area contributed by atoms with E-state index in [1.807, 2.05) is 0 Å². The number of hydrogen-bond acceptors (Lipinski definition) is 5. The van der Waals surface area contributed by atoms with Gasteiger partial charge in [-0.15, -0.1) is 0 Å². The van der Waals surface area contributed by atoms with E-state index in [0.717, 1.165) is 12.1 Å². The average molecular weight is 267 g/mol. The first-order chi connectivity index (χ1) is 7.27. The van der Waals surface area contributed by atoms with E-state index >= 15 is 0 Å². The van der Waals surface area contributed by atoms with E-state index in [1.165, 1.54) is 7.11 Å². The molecule has 0 unspecified atom stereocenters. The highest BCUT2D eigenvalue weighted by Gasteiger charge is 2.23. The van der Waals surface area contributed by atoms with Crippen molar-refractivity contribution in [2.75, 3.05) is 7.11 Å². The molecule has 0 aliphatic carbocycles. The topological polar surface area (TPSA) is 113 Å². The van der Waals surface area contributed by atoms with Crippen LogP contribution in [0.15, 0.2) is 17.0 Å². The average Bonchev–Trinajstić information content (AvgIpc) is 2.14. The number of sulfonamides is 1. The van der Waals surface area contributed by atoms with Crippen LogP contribution in [0.2, 0.25) is 5.02 Å². The Morgan fingerprint density at radius 3 is 2.44 bits per heavy atom. The molecule has 88 valence electrons. The van der Waals surface area contributed by atoms with E-state index < -0.39 is 25.5 Å². The first-order valence-corrected chi connectivity index (χ1v) is 5.74. The molecule has 9 heteroatoms. The van der Waals surface area contributed by atoms with Gasteiger partial charge in [-0.2, -0.15) is 0 Å². The molecule has 0 saturated heterocycles. The van der Waals surface area contributed by atoms with Crippen molar-refractivity contribution in [2.45, 2.75) is 4.90 Å². The number of benzene rings is 1. The third-order valence-electron chi connectivity index (χ3n) is 1.73. The van der Waals surface area contributed by atoms with Crippen molar-refractivity contribution in [2.24, 2.45) is 5.14 Å². The van der Waals surface area contributed by atoms with E-state index in [2.05, 4.69) is 0 Å². The fraction of sp³-hybridized carbons (Fsp3) is 0.143. The van der Waals surface area contributed by atoms with Crippen LogP contribution in [-0.4, -0.2) is 20.5 Å². The number of nitro groups is 1. The molecule has 1 rings (SSSR count). The van der Waals surface area contributed by atoms with Crippen molar-refractivity contribution in [1.29, 1.82) is 0 Å².